The van der Waals surface area contributed by atoms with E-state index >= 15 is 0 Å². The van der Waals surface area contributed by atoms with Crippen molar-refractivity contribution in [2.45, 2.75) is 13.0 Å². The maximum atomic E-state index is 12.1. The molecule has 150 valence electrons. The third-order valence-corrected chi connectivity index (χ3v) is 4.53. The van der Waals surface area contributed by atoms with Crippen LogP contribution in [0.5, 0.6) is 11.5 Å². The Kier molecular flexibility index (Phi) is 6.68. The second kappa shape index (κ2) is 9.59. The summed E-state index contributed by atoms with van der Waals surface area (Å²) < 4.78 is 10.4. The molecule has 1 N–H and O–H groups in total. The molecule has 0 aliphatic heterocycles. The van der Waals surface area contributed by atoms with E-state index in [1.165, 1.54) is 11.6 Å². The van der Waals surface area contributed by atoms with Crippen molar-refractivity contribution in [3.8, 4) is 11.5 Å². The highest BCUT2D eigenvalue weighted by atomic mass is 16.6. The Bertz CT molecular complexity index is 1020. The Labute approximate surface area is 170 Å². The van der Waals surface area contributed by atoms with Crippen LogP contribution in [0.1, 0.15) is 24.1 Å². The molecule has 0 aliphatic carbocycles. The van der Waals surface area contributed by atoms with Crippen LogP contribution in [0.2, 0.25) is 0 Å². The van der Waals surface area contributed by atoms with Gasteiger partial charge in [-0.05, 0) is 47.5 Å². The van der Waals surface area contributed by atoms with Crippen LogP contribution in [0.25, 0.3) is 10.8 Å². The first kappa shape index (κ1) is 20.2. The van der Waals surface area contributed by atoms with E-state index in [1.54, 1.807) is 26.4 Å². The molecule has 0 heterocycles. The summed E-state index contributed by atoms with van der Waals surface area (Å²) in [5, 5.41) is 9.08. The zero-order valence-corrected chi connectivity index (χ0v) is 16.7. The van der Waals surface area contributed by atoms with E-state index in [1.807, 2.05) is 31.2 Å². The molecule has 1 amide bonds. The highest BCUT2D eigenvalue weighted by molar-refractivity contribution is 5.84. The standard InChI is InChI=1S/C23H24N2O4/c1-16(19-10-9-18-6-4-5-7-20(18)13-19)25-23(26)15-29-24-14-17-8-11-21(27-2)22(12-17)28-3/h4-14,16H,15H2,1-3H3,(H,25,26)/b24-14-/t16-/m1/s1. The predicted octanol–water partition coefficient (Wildman–Crippen LogP) is 4.08. The molecule has 6 heteroatoms. The first-order chi connectivity index (χ1) is 14.1. The van der Waals surface area contributed by atoms with Gasteiger partial charge in [0.2, 0.25) is 0 Å². The smallest absolute Gasteiger partial charge is 0.261 e. The maximum Gasteiger partial charge on any atom is 0.261 e. The minimum absolute atomic E-state index is 0.134. The summed E-state index contributed by atoms with van der Waals surface area (Å²) in [4.78, 5) is 17.3. The SMILES string of the molecule is COc1ccc(/C=N\OCC(=O)N[C@H](C)c2ccc3ccccc3c2)cc1OC. The normalized spacial score (nSPS) is 12.0. The molecule has 0 spiro atoms. The lowest BCUT2D eigenvalue weighted by atomic mass is 10.0. The van der Waals surface area contributed by atoms with E-state index in [-0.39, 0.29) is 18.6 Å². The van der Waals surface area contributed by atoms with Crippen molar-refractivity contribution in [2.24, 2.45) is 5.16 Å². The van der Waals surface area contributed by atoms with Crippen molar-refractivity contribution in [3.63, 3.8) is 0 Å². The Hall–Kier alpha value is -3.54. The van der Waals surface area contributed by atoms with Gasteiger partial charge in [0.1, 0.15) is 0 Å². The van der Waals surface area contributed by atoms with Crippen LogP contribution in [0.3, 0.4) is 0 Å². The summed E-state index contributed by atoms with van der Waals surface area (Å²) in [6, 6.07) is 19.5. The van der Waals surface area contributed by atoms with Gasteiger partial charge in [0.25, 0.3) is 5.91 Å². The number of nitrogens with one attached hydrogen (secondary N) is 1. The number of carbonyl (C=O) groups is 1. The highest BCUT2D eigenvalue weighted by Gasteiger charge is 2.10. The van der Waals surface area contributed by atoms with Gasteiger partial charge in [-0.2, -0.15) is 0 Å². The minimum atomic E-state index is -0.241. The van der Waals surface area contributed by atoms with Crippen LogP contribution in [0.15, 0.2) is 65.8 Å². The van der Waals surface area contributed by atoms with Crippen LogP contribution in [0.4, 0.5) is 0 Å². The van der Waals surface area contributed by atoms with Crippen molar-refractivity contribution in [2.75, 3.05) is 20.8 Å². The second-order valence-electron chi connectivity index (χ2n) is 6.52. The number of ether oxygens (including phenoxy) is 2. The zero-order chi connectivity index (χ0) is 20.6. The summed E-state index contributed by atoms with van der Waals surface area (Å²) in [5.74, 6) is 0.987. The van der Waals surface area contributed by atoms with Crippen molar-refractivity contribution in [3.05, 3.63) is 71.8 Å². The van der Waals surface area contributed by atoms with E-state index in [4.69, 9.17) is 14.3 Å². The molecular formula is C23H24N2O4. The van der Waals surface area contributed by atoms with Crippen molar-refractivity contribution in [1.82, 2.24) is 5.32 Å². The maximum absolute atomic E-state index is 12.1. The van der Waals surface area contributed by atoms with Crippen LogP contribution in [0, 0.1) is 0 Å². The summed E-state index contributed by atoms with van der Waals surface area (Å²) in [7, 11) is 3.14. The molecule has 0 aromatic heterocycles. The topological polar surface area (TPSA) is 69.2 Å². The van der Waals surface area contributed by atoms with Gasteiger partial charge in [-0.25, -0.2) is 0 Å². The van der Waals surface area contributed by atoms with Gasteiger partial charge in [-0.15, -0.1) is 0 Å². The average molecular weight is 392 g/mol. The molecule has 0 unspecified atom stereocenters. The van der Waals surface area contributed by atoms with Crippen LogP contribution < -0.4 is 14.8 Å². The predicted molar refractivity (Wildman–Crippen MR) is 114 cm³/mol. The number of methoxy groups -OCH3 is 2. The molecule has 0 saturated carbocycles. The highest BCUT2D eigenvalue weighted by Crippen LogP contribution is 2.26. The third-order valence-electron chi connectivity index (χ3n) is 4.53. The Morgan fingerprint density at radius 1 is 1.00 bits per heavy atom. The fraction of sp³-hybridized carbons (Fsp3) is 0.217. The quantitative estimate of drug-likeness (QED) is 0.463. The fourth-order valence-electron chi connectivity index (χ4n) is 2.97. The monoisotopic (exact) mass is 392 g/mol. The molecule has 29 heavy (non-hydrogen) atoms. The van der Waals surface area contributed by atoms with E-state index in [9.17, 15) is 4.79 Å². The van der Waals surface area contributed by atoms with E-state index < -0.39 is 0 Å². The summed E-state index contributed by atoms with van der Waals surface area (Å²) in [5.41, 5.74) is 1.80. The van der Waals surface area contributed by atoms with Gasteiger partial charge in [0.15, 0.2) is 18.1 Å². The number of amides is 1. The Morgan fingerprint density at radius 2 is 1.76 bits per heavy atom. The fourth-order valence-corrected chi connectivity index (χ4v) is 2.97. The van der Waals surface area contributed by atoms with Crippen molar-refractivity contribution in [1.29, 1.82) is 0 Å². The molecule has 0 bridgehead atoms. The second-order valence-corrected chi connectivity index (χ2v) is 6.52. The Morgan fingerprint density at radius 3 is 2.52 bits per heavy atom. The zero-order valence-electron chi connectivity index (χ0n) is 16.7. The van der Waals surface area contributed by atoms with Gasteiger partial charge >= 0.3 is 0 Å². The third kappa shape index (κ3) is 5.25. The molecule has 6 nitrogen and oxygen atoms in total. The lowest BCUT2D eigenvalue weighted by Crippen LogP contribution is -2.29. The van der Waals surface area contributed by atoms with E-state index in [2.05, 4.69) is 34.7 Å². The molecule has 0 aliphatic rings. The number of benzene rings is 3. The van der Waals surface area contributed by atoms with Gasteiger partial charge in [0, 0.05) is 5.56 Å². The summed E-state index contributed by atoms with van der Waals surface area (Å²) in [6.07, 6.45) is 1.52. The number of hydrogen-bond donors (Lipinski definition) is 1. The first-order valence-corrected chi connectivity index (χ1v) is 9.26. The van der Waals surface area contributed by atoms with Crippen LogP contribution >= 0.6 is 0 Å². The molecule has 3 aromatic rings. The summed E-state index contributed by atoms with van der Waals surface area (Å²) in [6.45, 7) is 1.77. The van der Waals surface area contributed by atoms with E-state index in [0.717, 1.165) is 16.5 Å². The average Bonchev–Trinajstić information content (AvgIpc) is 2.76. The van der Waals surface area contributed by atoms with Gasteiger partial charge in [-0.3, -0.25) is 4.79 Å². The molecule has 0 fully saturated rings. The van der Waals surface area contributed by atoms with E-state index in [0.29, 0.717) is 11.5 Å². The Balaban J connectivity index is 1.52. The van der Waals surface area contributed by atoms with Gasteiger partial charge in [-0.1, -0.05) is 41.6 Å². The molecule has 0 radical (unpaired) electrons. The minimum Gasteiger partial charge on any atom is -0.493 e. The lowest BCUT2D eigenvalue weighted by Gasteiger charge is -2.14. The molecule has 3 aromatic carbocycles. The van der Waals surface area contributed by atoms with Crippen molar-refractivity contribution >= 4 is 22.9 Å². The number of fused-ring (bicyclic) bond motifs is 1. The number of hydrogen-bond acceptors (Lipinski definition) is 5. The molecular weight excluding hydrogens is 368 g/mol. The molecule has 1 atom stereocenters. The number of nitrogens with zero attached hydrogens (tertiary/aromatic N) is 1. The van der Waals surface area contributed by atoms with Crippen LogP contribution in [-0.2, 0) is 9.63 Å². The van der Waals surface area contributed by atoms with Gasteiger partial charge in [0.05, 0.1) is 26.5 Å². The number of oxime groups is 1. The summed E-state index contributed by atoms with van der Waals surface area (Å²) >= 11 is 0. The van der Waals surface area contributed by atoms with Crippen LogP contribution in [-0.4, -0.2) is 32.9 Å². The number of rotatable bonds is 8. The number of carbonyl (C=O) groups excluding carboxylic acids is 1. The molecule has 0 saturated heterocycles. The molecule has 3 rings (SSSR count). The lowest BCUT2D eigenvalue weighted by molar-refractivity contribution is -0.126. The first-order valence-electron chi connectivity index (χ1n) is 9.26. The van der Waals surface area contributed by atoms with Crippen molar-refractivity contribution < 1.29 is 19.1 Å². The largest absolute Gasteiger partial charge is 0.493 e. The van der Waals surface area contributed by atoms with Gasteiger partial charge < -0.3 is 19.6 Å².